The van der Waals surface area contributed by atoms with Crippen LogP contribution in [0.4, 0.5) is 11.5 Å². The highest BCUT2D eigenvalue weighted by atomic mass is 35.5. The van der Waals surface area contributed by atoms with Crippen LogP contribution in [0.1, 0.15) is 11.3 Å². The second-order valence-electron chi connectivity index (χ2n) is 5.41. The standard InChI is InChI=1S/C16H17ClN6S/c1-11-14(10-22(2)20-11)18-16(24)19-15-7-8-23(21-15)9-12-3-5-13(17)6-4-12/h3-8,10H,9H2,1-2H3,(H2,18,19,21,24). The molecule has 2 heterocycles. The number of hydrogen-bond acceptors (Lipinski definition) is 3. The molecule has 0 aliphatic heterocycles. The van der Waals surface area contributed by atoms with Crippen molar-refractivity contribution in [3.63, 3.8) is 0 Å². The molecule has 0 fully saturated rings. The van der Waals surface area contributed by atoms with Crippen LogP contribution < -0.4 is 10.6 Å². The number of nitrogens with one attached hydrogen (secondary N) is 2. The van der Waals surface area contributed by atoms with Crippen LogP contribution in [0.3, 0.4) is 0 Å². The van der Waals surface area contributed by atoms with Crippen molar-refractivity contribution < 1.29 is 0 Å². The SMILES string of the molecule is Cc1nn(C)cc1NC(=S)Nc1ccn(Cc2ccc(Cl)cc2)n1. The Bertz CT molecular complexity index is 852. The molecule has 0 amide bonds. The van der Waals surface area contributed by atoms with Gasteiger partial charge in [0.15, 0.2) is 10.9 Å². The smallest absolute Gasteiger partial charge is 0.176 e. The van der Waals surface area contributed by atoms with E-state index >= 15 is 0 Å². The zero-order valence-electron chi connectivity index (χ0n) is 13.3. The van der Waals surface area contributed by atoms with Crippen molar-refractivity contribution in [2.24, 2.45) is 7.05 Å². The first kappa shape index (κ1) is 16.5. The van der Waals surface area contributed by atoms with Gasteiger partial charge in [-0.2, -0.15) is 10.2 Å². The fourth-order valence-corrected chi connectivity index (χ4v) is 2.63. The van der Waals surface area contributed by atoms with E-state index in [1.165, 1.54) is 0 Å². The van der Waals surface area contributed by atoms with Crippen molar-refractivity contribution in [1.29, 1.82) is 0 Å². The van der Waals surface area contributed by atoms with Gasteiger partial charge < -0.3 is 10.6 Å². The zero-order valence-corrected chi connectivity index (χ0v) is 14.9. The molecule has 0 spiro atoms. The molecular weight excluding hydrogens is 344 g/mol. The molecule has 0 radical (unpaired) electrons. The predicted octanol–water partition coefficient (Wildman–Crippen LogP) is 3.44. The molecule has 0 aliphatic rings. The van der Waals surface area contributed by atoms with Crippen LogP contribution in [0.2, 0.25) is 5.02 Å². The van der Waals surface area contributed by atoms with Crippen LogP contribution in [0.15, 0.2) is 42.7 Å². The Balaban J connectivity index is 1.60. The van der Waals surface area contributed by atoms with Crippen molar-refractivity contribution in [2.75, 3.05) is 10.6 Å². The van der Waals surface area contributed by atoms with Gasteiger partial charge in [0.2, 0.25) is 0 Å². The van der Waals surface area contributed by atoms with E-state index in [4.69, 9.17) is 23.8 Å². The molecule has 3 aromatic rings. The number of nitrogens with zero attached hydrogens (tertiary/aromatic N) is 4. The second kappa shape index (κ2) is 7.02. The zero-order chi connectivity index (χ0) is 17.1. The molecule has 0 aliphatic carbocycles. The van der Waals surface area contributed by atoms with Crippen molar-refractivity contribution in [2.45, 2.75) is 13.5 Å². The van der Waals surface area contributed by atoms with Gasteiger partial charge in [0, 0.05) is 30.5 Å². The molecule has 3 rings (SSSR count). The summed E-state index contributed by atoms with van der Waals surface area (Å²) >= 11 is 11.2. The fraction of sp³-hybridized carbons (Fsp3) is 0.188. The van der Waals surface area contributed by atoms with Crippen molar-refractivity contribution >= 4 is 40.4 Å². The Morgan fingerprint density at radius 2 is 1.92 bits per heavy atom. The second-order valence-corrected chi connectivity index (χ2v) is 6.25. The molecule has 0 saturated carbocycles. The first-order valence-electron chi connectivity index (χ1n) is 7.36. The van der Waals surface area contributed by atoms with E-state index in [2.05, 4.69) is 20.8 Å². The van der Waals surface area contributed by atoms with Crippen molar-refractivity contribution in [3.05, 3.63) is 59.0 Å². The Morgan fingerprint density at radius 3 is 2.58 bits per heavy atom. The van der Waals surface area contributed by atoms with Gasteiger partial charge in [-0.25, -0.2) is 0 Å². The number of anilines is 2. The van der Waals surface area contributed by atoms with E-state index in [9.17, 15) is 0 Å². The summed E-state index contributed by atoms with van der Waals surface area (Å²) < 4.78 is 3.57. The summed E-state index contributed by atoms with van der Waals surface area (Å²) in [6.07, 6.45) is 3.78. The average molecular weight is 361 g/mol. The molecular formula is C16H17ClN6S. The van der Waals surface area contributed by atoms with E-state index < -0.39 is 0 Å². The number of halogens is 1. The normalized spacial score (nSPS) is 10.6. The van der Waals surface area contributed by atoms with Crippen molar-refractivity contribution in [3.8, 4) is 0 Å². The van der Waals surface area contributed by atoms with Crippen LogP contribution >= 0.6 is 23.8 Å². The quantitative estimate of drug-likeness (QED) is 0.698. The van der Waals surface area contributed by atoms with Gasteiger partial charge in [-0.05, 0) is 36.8 Å². The third-order valence-electron chi connectivity index (χ3n) is 3.40. The Labute approximate surface area is 150 Å². The summed E-state index contributed by atoms with van der Waals surface area (Å²) in [5.74, 6) is 0.683. The fourth-order valence-electron chi connectivity index (χ4n) is 2.29. The lowest BCUT2D eigenvalue weighted by molar-refractivity contribution is 0.690. The number of aryl methyl sites for hydroxylation is 2. The van der Waals surface area contributed by atoms with Gasteiger partial charge in [0.25, 0.3) is 0 Å². The lowest BCUT2D eigenvalue weighted by atomic mass is 10.2. The molecule has 0 unspecified atom stereocenters. The number of benzene rings is 1. The Hall–Kier alpha value is -2.38. The minimum absolute atomic E-state index is 0.475. The van der Waals surface area contributed by atoms with Crippen LogP contribution in [0, 0.1) is 6.92 Å². The lowest BCUT2D eigenvalue weighted by Crippen LogP contribution is -2.19. The average Bonchev–Trinajstić information content (AvgIpc) is 3.08. The van der Waals surface area contributed by atoms with E-state index in [1.54, 1.807) is 4.68 Å². The maximum Gasteiger partial charge on any atom is 0.176 e. The number of aromatic nitrogens is 4. The topological polar surface area (TPSA) is 59.7 Å². The van der Waals surface area contributed by atoms with E-state index in [-0.39, 0.29) is 0 Å². The highest BCUT2D eigenvalue weighted by Gasteiger charge is 2.07. The minimum Gasteiger partial charge on any atom is -0.330 e. The van der Waals surface area contributed by atoms with E-state index in [0.717, 1.165) is 22.0 Å². The maximum atomic E-state index is 5.90. The lowest BCUT2D eigenvalue weighted by Gasteiger charge is -2.07. The molecule has 6 nitrogen and oxygen atoms in total. The predicted molar refractivity (Wildman–Crippen MR) is 101 cm³/mol. The summed E-state index contributed by atoms with van der Waals surface area (Å²) in [6.45, 7) is 2.59. The van der Waals surface area contributed by atoms with Crippen LogP contribution in [0.5, 0.6) is 0 Å². The summed E-state index contributed by atoms with van der Waals surface area (Å²) in [5.41, 5.74) is 2.88. The van der Waals surface area contributed by atoms with Crippen LogP contribution in [-0.2, 0) is 13.6 Å². The maximum absolute atomic E-state index is 5.90. The third-order valence-corrected chi connectivity index (χ3v) is 3.86. The molecule has 24 heavy (non-hydrogen) atoms. The van der Waals surface area contributed by atoms with Gasteiger partial charge in [-0.15, -0.1) is 0 Å². The first-order valence-corrected chi connectivity index (χ1v) is 8.14. The molecule has 0 saturated heterocycles. The summed E-state index contributed by atoms with van der Waals surface area (Å²) in [6, 6.07) is 9.58. The molecule has 0 bridgehead atoms. The van der Waals surface area contributed by atoms with E-state index in [1.807, 2.05) is 61.4 Å². The van der Waals surface area contributed by atoms with Crippen LogP contribution in [0.25, 0.3) is 0 Å². The molecule has 124 valence electrons. The molecule has 2 N–H and O–H groups in total. The summed E-state index contributed by atoms with van der Waals surface area (Å²) in [7, 11) is 1.87. The molecule has 0 atom stereocenters. The third kappa shape index (κ3) is 4.12. The molecule has 8 heteroatoms. The highest BCUT2D eigenvalue weighted by Crippen LogP contribution is 2.13. The minimum atomic E-state index is 0.475. The Morgan fingerprint density at radius 1 is 1.17 bits per heavy atom. The number of hydrogen-bond donors (Lipinski definition) is 2. The van der Waals surface area contributed by atoms with Gasteiger partial charge in [0.1, 0.15) is 0 Å². The van der Waals surface area contributed by atoms with Crippen LogP contribution in [-0.4, -0.2) is 24.7 Å². The highest BCUT2D eigenvalue weighted by molar-refractivity contribution is 7.80. The van der Waals surface area contributed by atoms with Gasteiger partial charge in [-0.3, -0.25) is 9.36 Å². The summed E-state index contributed by atoms with van der Waals surface area (Å²) in [5, 5.41) is 16.1. The number of rotatable bonds is 4. The summed E-state index contributed by atoms with van der Waals surface area (Å²) in [4.78, 5) is 0. The molecule has 1 aromatic carbocycles. The van der Waals surface area contributed by atoms with Crippen molar-refractivity contribution in [1.82, 2.24) is 19.6 Å². The monoisotopic (exact) mass is 360 g/mol. The number of thiocarbonyl (C=S) groups is 1. The Kier molecular flexibility index (Phi) is 4.82. The van der Waals surface area contributed by atoms with Gasteiger partial charge in [0.05, 0.1) is 17.9 Å². The largest absolute Gasteiger partial charge is 0.330 e. The first-order chi connectivity index (χ1) is 11.5. The van der Waals surface area contributed by atoms with Gasteiger partial charge >= 0.3 is 0 Å². The van der Waals surface area contributed by atoms with E-state index in [0.29, 0.717) is 17.5 Å². The molecule has 2 aromatic heterocycles. The van der Waals surface area contributed by atoms with Gasteiger partial charge in [-0.1, -0.05) is 23.7 Å².